The van der Waals surface area contributed by atoms with E-state index in [-0.39, 0.29) is 16.9 Å². The maximum atomic E-state index is 12.8. The molecular formula is C18H22N2OSe. The summed E-state index contributed by atoms with van der Waals surface area (Å²) in [5.74, 6) is -0.00691. The van der Waals surface area contributed by atoms with Crippen molar-refractivity contribution < 1.29 is 4.79 Å². The van der Waals surface area contributed by atoms with E-state index in [1.807, 2.05) is 0 Å². The number of rotatable bonds is 3. The van der Waals surface area contributed by atoms with Crippen LogP contribution < -0.4 is 0 Å². The second-order valence-corrected chi connectivity index (χ2v) is 7.95. The van der Waals surface area contributed by atoms with Gasteiger partial charge >= 0.3 is 140 Å². The van der Waals surface area contributed by atoms with E-state index in [2.05, 4.69) is 54.2 Å². The van der Waals surface area contributed by atoms with Gasteiger partial charge in [0.1, 0.15) is 0 Å². The standard InChI is InChI=1S/C18H22N2OSe/c1-17(2)10-5-11-18(3,4)20(17)16(22)15(21)14-8-6-13(12-19)7-9-14/h6-9H,5,10-11H2,1-4H3. The molecule has 1 fully saturated rings. The Kier molecular flexibility index (Phi) is 4.61. The second kappa shape index (κ2) is 5.99. The van der Waals surface area contributed by atoms with Crippen LogP contribution in [-0.4, -0.2) is 41.9 Å². The Labute approximate surface area is 140 Å². The van der Waals surface area contributed by atoms with Crippen LogP contribution in [0.25, 0.3) is 0 Å². The summed E-state index contributed by atoms with van der Waals surface area (Å²) in [5, 5.41) is 8.86. The van der Waals surface area contributed by atoms with Crippen molar-refractivity contribution >= 4 is 25.9 Å². The number of ketones is 1. The molecule has 1 saturated heterocycles. The molecule has 0 atom stereocenters. The van der Waals surface area contributed by atoms with E-state index >= 15 is 0 Å². The molecule has 1 aromatic rings. The third-order valence-corrected chi connectivity index (χ3v) is 5.23. The van der Waals surface area contributed by atoms with E-state index in [0.29, 0.717) is 15.7 Å². The summed E-state index contributed by atoms with van der Waals surface area (Å²) >= 11 is 3.01. The van der Waals surface area contributed by atoms with Gasteiger partial charge in [0.25, 0.3) is 0 Å². The Morgan fingerprint density at radius 3 is 2.09 bits per heavy atom. The Morgan fingerprint density at radius 1 is 1.14 bits per heavy atom. The second-order valence-electron chi connectivity index (χ2n) is 7.14. The van der Waals surface area contributed by atoms with Crippen LogP contribution in [0.1, 0.15) is 62.9 Å². The van der Waals surface area contributed by atoms with Gasteiger partial charge in [-0.3, -0.25) is 0 Å². The third kappa shape index (κ3) is 3.16. The number of Topliss-reactive ketones (excluding diaryl/α,β-unsaturated/α-hetero) is 1. The normalized spacial score (nSPS) is 19.3. The first-order chi connectivity index (χ1) is 10.2. The number of benzene rings is 1. The molecule has 116 valence electrons. The zero-order valence-corrected chi connectivity index (χ0v) is 15.4. The van der Waals surface area contributed by atoms with Gasteiger partial charge in [-0.1, -0.05) is 0 Å². The van der Waals surface area contributed by atoms with Crippen molar-refractivity contribution in [1.29, 1.82) is 5.26 Å². The third-order valence-electron chi connectivity index (χ3n) is 4.46. The molecule has 1 aliphatic rings. The van der Waals surface area contributed by atoms with Crippen LogP contribution >= 0.6 is 0 Å². The molecule has 0 radical (unpaired) electrons. The van der Waals surface area contributed by atoms with Crippen LogP contribution in [0.15, 0.2) is 24.3 Å². The molecule has 3 nitrogen and oxygen atoms in total. The van der Waals surface area contributed by atoms with Gasteiger partial charge in [-0.2, -0.15) is 0 Å². The molecule has 0 spiro atoms. The molecule has 22 heavy (non-hydrogen) atoms. The zero-order valence-electron chi connectivity index (χ0n) is 13.6. The minimum atomic E-state index is -0.0510. The van der Waals surface area contributed by atoms with Crippen LogP contribution in [-0.2, 0) is 0 Å². The maximum absolute atomic E-state index is 12.8. The van der Waals surface area contributed by atoms with Gasteiger partial charge in [0.05, 0.1) is 0 Å². The van der Waals surface area contributed by atoms with Gasteiger partial charge in [-0.25, -0.2) is 0 Å². The molecule has 2 rings (SSSR count). The number of hydrogen-bond acceptors (Lipinski definition) is 3. The summed E-state index contributed by atoms with van der Waals surface area (Å²) in [5.41, 5.74) is 1.08. The molecular weight excluding hydrogens is 339 g/mol. The molecule has 0 saturated carbocycles. The Bertz CT molecular complexity index is 622. The number of carbonyl (C=O) groups is 1. The minimum absolute atomic E-state index is 0.00691. The van der Waals surface area contributed by atoms with Crippen molar-refractivity contribution in [3.8, 4) is 6.07 Å². The van der Waals surface area contributed by atoms with E-state index in [4.69, 9.17) is 5.26 Å². The summed E-state index contributed by atoms with van der Waals surface area (Å²) in [4.78, 5) is 15.1. The predicted molar refractivity (Wildman–Crippen MR) is 90.1 cm³/mol. The molecule has 0 N–H and O–H groups in total. The van der Waals surface area contributed by atoms with Crippen LogP contribution in [0, 0.1) is 11.3 Å². The number of carbonyl (C=O) groups excluding carboxylic acids is 1. The first kappa shape index (κ1) is 16.9. The van der Waals surface area contributed by atoms with E-state index in [0.717, 1.165) is 12.8 Å². The average Bonchev–Trinajstić information content (AvgIpc) is 2.44. The van der Waals surface area contributed by atoms with Crippen LogP contribution in [0.4, 0.5) is 0 Å². The molecule has 0 aromatic heterocycles. The first-order valence-corrected chi connectivity index (χ1v) is 8.44. The molecule has 1 aliphatic heterocycles. The van der Waals surface area contributed by atoms with E-state index in [1.54, 1.807) is 24.3 Å². The van der Waals surface area contributed by atoms with Crippen molar-refractivity contribution in [2.45, 2.75) is 58.0 Å². The summed E-state index contributed by atoms with van der Waals surface area (Å²) in [6.45, 7) is 8.77. The Hall–Kier alpha value is -1.43. The predicted octanol–water partition coefficient (Wildman–Crippen LogP) is 3.08. The number of likely N-dealkylation sites (tertiary alicyclic amines) is 1. The van der Waals surface area contributed by atoms with Gasteiger partial charge in [0, 0.05) is 0 Å². The number of piperidine rings is 1. The molecule has 0 aliphatic carbocycles. The van der Waals surface area contributed by atoms with Gasteiger partial charge in [0.15, 0.2) is 0 Å². The van der Waals surface area contributed by atoms with Gasteiger partial charge in [0.2, 0.25) is 0 Å². The van der Waals surface area contributed by atoms with Crippen molar-refractivity contribution in [3.63, 3.8) is 0 Å². The van der Waals surface area contributed by atoms with E-state index < -0.39 is 0 Å². The van der Waals surface area contributed by atoms with Gasteiger partial charge in [-0.15, -0.1) is 0 Å². The summed E-state index contributed by atoms with van der Waals surface area (Å²) < 4.78 is 0.666. The fourth-order valence-corrected chi connectivity index (χ4v) is 4.75. The topological polar surface area (TPSA) is 44.1 Å². The number of nitrogens with zero attached hydrogens (tertiary/aromatic N) is 2. The molecule has 0 unspecified atom stereocenters. The number of nitriles is 1. The van der Waals surface area contributed by atoms with E-state index in [9.17, 15) is 4.79 Å². The van der Waals surface area contributed by atoms with Gasteiger partial charge in [-0.05, 0) is 0 Å². The van der Waals surface area contributed by atoms with Crippen molar-refractivity contribution in [2.75, 3.05) is 0 Å². The average molecular weight is 361 g/mol. The van der Waals surface area contributed by atoms with Crippen molar-refractivity contribution in [2.24, 2.45) is 0 Å². The summed E-state index contributed by atoms with van der Waals surface area (Å²) in [6, 6.07) is 8.90. The number of hydrogen-bond donors (Lipinski definition) is 0. The van der Waals surface area contributed by atoms with E-state index in [1.165, 1.54) is 6.42 Å². The SMILES string of the molecule is CC1(C)CCCC(C)(C)N1C(=[Se])C(=O)c1ccc(C#N)cc1. The molecule has 1 heterocycles. The quantitative estimate of drug-likeness (QED) is 0.614. The molecule has 4 heteroatoms. The molecule has 0 amide bonds. The fraction of sp³-hybridized carbons (Fsp3) is 0.500. The molecule has 1 aromatic carbocycles. The summed E-state index contributed by atoms with van der Waals surface area (Å²) in [6.07, 6.45) is 3.32. The van der Waals surface area contributed by atoms with Crippen LogP contribution in [0.5, 0.6) is 0 Å². The van der Waals surface area contributed by atoms with Gasteiger partial charge < -0.3 is 0 Å². The summed E-state index contributed by atoms with van der Waals surface area (Å²) in [7, 11) is 0. The first-order valence-electron chi connectivity index (χ1n) is 7.58. The Morgan fingerprint density at radius 2 is 1.64 bits per heavy atom. The zero-order chi connectivity index (χ0) is 16.5. The monoisotopic (exact) mass is 362 g/mol. The van der Waals surface area contributed by atoms with Crippen LogP contribution in [0.3, 0.4) is 0 Å². The van der Waals surface area contributed by atoms with Crippen molar-refractivity contribution in [1.82, 2.24) is 4.90 Å². The molecule has 0 bridgehead atoms. The van der Waals surface area contributed by atoms with Crippen molar-refractivity contribution in [3.05, 3.63) is 35.4 Å². The fourth-order valence-electron chi connectivity index (χ4n) is 3.47. The van der Waals surface area contributed by atoms with Crippen LogP contribution in [0.2, 0.25) is 0 Å². The Balaban J connectivity index is 2.32.